The van der Waals surface area contributed by atoms with Crippen molar-refractivity contribution >= 4 is 56.4 Å². The number of anilines is 1. The van der Waals surface area contributed by atoms with Gasteiger partial charge in [0.2, 0.25) is 0 Å². The van der Waals surface area contributed by atoms with Crippen LogP contribution in [0.4, 0.5) is 5.69 Å². The number of hydrogen-bond donors (Lipinski definition) is 5. The van der Waals surface area contributed by atoms with Gasteiger partial charge in [-0.2, -0.15) is 0 Å². The number of esters is 1. The average molecular weight is 1230 g/mol. The van der Waals surface area contributed by atoms with E-state index in [9.17, 15) is 15.3 Å². The lowest BCUT2D eigenvalue weighted by Gasteiger charge is -2.63. The van der Waals surface area contributed by atoms with Gasteiger partial charge >= 0.3 is 5.97 Å². The molecular weight excluding hydrogens is 1140 g/mol. The van der Waals surface area contributed by atoms with Crippen molar-refractivity contribution in [2.45, 2.75) is 162 Å². The van der Waals surface area contributed by atoms with Gasteiger partial charge in [-0.3, -0.25) is 19.4 Å². The summed E-state index contributed by atoms with van der Waals surface area (Å²) in [6.07, 6.45) is 12.3. The van der Waals surface area contributed by atoms with Crippen molar-refractivity contribution in [2.75, 3.05) is 90.6 Å². The molecule has 5 N–H and O–H groups in total. The van der Waals surface area contributed by atoms with Gasteiger partial charge in [0.05, 0.1) is 66.5 Å². The summed E-state index contributed by atoms with van der Waals surface area (Å²) in [4.78, 5) is 51.2. The van der Waals surface area contributed by atoms with Crippen LogP contribution < -0.4 is 15.0 Å². The quantitative estimate of drug-likeness (QED) is 0.0111. The topological polar surface area (TPSA) is 226 Å². The number of fused-ring (bicyclic) bond motifs is 6. The second-order valence-electron chi connectivity index (χ2n) is 27.3. The summed E-state index contributed by atoms with van der Waals surface area (Å²) < 4.78 is 25.3. The molecule has 10 atom stereocenters. The lowest BCUT2D eigenvalue weighted by Crippen LogP contribution is -2.81. The van der Waals surface area contributed by atoms with Crippen LogP contribution in [-0.4, -0.2) is 198 Å². The molecule has 3 fully saturated rings. The predicted octanol–water partition coefficient (Wildman–Crippen LogP) is 7.02. The number of carbonyl (C=O) groups excluding carboxylic acids is 2. The number of methoxy groups -OCH3 is 2. The van der Waals surface area contributed by atoms with E-state index in [-0.39, 0.29) is 12.0 Å². The first kappa shape index (κ1) is 62.6. The molecule has 1 unspecified atom stereocenters. The van der Waals surface area contributed by atoms with Crippen molar-refractivity contribution in [1.82, 2.24) is 45.1 Å². The Morgan fingerprint density at radius 1 is 0.953 bits per heavy atom. The minimum atomic E-state index is -2.26. The summed E-state index contributed by atoms with van der Waals surface area (Å²) in [6.45, 7) is 22.2. The number of thioether (sulfide) groups is 1. The van der Waals surface area contributed by atoms with Crippen molar-refractivity contribution < 1.29 is 43.9 Å². The maximum absolute atomic E-state index is 15.6. The van der Waals surface area contributed by atoms with Crippen LogP contribution in [0.3, 0.4) is 0 Å². The first-order valence-corrected chi connectivity index (χ1v) is 39.1. The van der Waals surface area contributed by atoms with Gasteiger partial charge in [0.15, 0.2) is 10.8 Å². The number of nitrogens with zero attached hydrogens (tertiary/aromatic N) is 8. The highest BCUT2D eigenvalue weighted by molar-refractivity contribution is 8.00. The van der Waals surface area contributed by atoms with Gasteiger partial charge in [-0.1, -0.05) is 99.1 Å². The summed E-state index contributed by atoms with van der Waals surface area (Å²) in [5.74, 6) is -0.609. The molecule has 5 aliphatic heterocycles. The fraction of sp³-hybridized carbons (Fsp3) is 0.625. The number of amides is 1. The van der Waals surface area contributed by atoms with E-state index in [0.717, 1.165) is 67.7 Å². The molecule has 466 valence electrons. The lowest BCUT2D eigenvalue weighted by molar-refractivity contribution is -0.203. The number of hydrogen-bond acceptors (Lipinski definition) is 17. The van der Waals surface area contributed by atoms with Gasteiger partial charge in [0.25, 0.3) is 5.91 Å². The highest BCUT2D eigenvalue weighted by Crippen LogP contribution is 2.68. The molecule has 1 aliphatic carbocycles. The molecule has 19 nitrogen and oxygen atoms in total. The lowest BCUT2D eigenvalue weighted by atomic mass is 9.47. The number of piperidine rings is 1. The van der Waals surface area contributed by atoms with Crippen LogP contribution in [0.1, 0.15) is 92.9 Å². The van der Waals surface area contributed by atoms with Gasteiger partial charge in [-0.05, 0) is 93.0 Å². The highest BCUT2D eigenvalue weighted by atomic mass is 32.2. The largest absolute Gasteiger partial charge is 0.496 e. The zero-order valence-electron chi connectivity index (χ0n) is 52.3. The standard InChI is InChI=1S/C64H92N10O9SSi2/c1-11-60(78)32-43-33-63(58(77)81-6,53-47(20-25-72(36-43)40-60)46-18-14-15-19-50(46)68-53)49-30-48-51(31-52(49)80-5)71(4)55-62(48)22-26-73-24-16-21-61(12-2,54(62)73)56(75)64(55,79)57(76)65-23-17-29-85(7,8)42-86(9,10)41-84-59-66-34-44(35-67-59)37-74-38-45(69-70-74)39-83-28-27-82-13-3/h14-16,18-19,21,30-31,34-35,38,43,54-56,68,75,78-79H,11-13,17,20,22-29,32-33,36-37,39-42H2,1-10H3,(H,65,76)/t43-,54-,55+,56+,60-,61+,62+,63-,64-/m0/s1. The van der Waals surface area contributed by atoms with Crippen LogP contribution in [0.25, 0.3) is 10.9 Å². The smallest absolute Gasteiger partial charge is 0.322 e. The van der Waals surface area contributed by atoms with Crippen molar-refractivity contribution in [2.24, 2.45) is 11.3 Å². The van der Waals surface area contributed by atoms with E-state index in [1.54, 1.807) is 23.6 Å². The van der Waals surface area contributed by atoms with E-state index in [4.69, 9.17) is 28.9 Å². The normalized spacial score (nSPS) is 29.6. The Morgan fingerprint density at radius 2 is 1.73 bits per heavy atom. The molecule has 3 aromatic heterocycles. The van der Waals surface area contributed by atoms with E-state index < -0.39 is 67.6 Å². The fourth-order valence-corrected chi connectivity index (χ4v) is 33.1. The Bertz CT molecular complexity index is 3310. The van der Waals surface area contributed by atoms with Gasteiger partial charge < -0.3 is 49.5 Å². The van der Waals surface area contributed by atoms with Crippen LogP contribution in [0.15, 0.2) is 72.3 Å². The van der Waals surface area contributed by atoms with E-state index in [1.165, 1.54) is 12.8 Å². The van der Waals surface area contributed by atoms with Crippen molar-refractivity contribution in [3.63, 3.8) is 0 Å². The van der Waals surface area contributed by atoms with Crippen LogP contribution in [0.2, 0.25) is 37.9 Å². The summed E-state index contributed by atoms with van der Waals surface area (Å²) >= 11 is 1.72. The molecule has 86 heavy (non-hydrogen) atoms. The van der Waals surface area contributed by atoms with E-state index in [2.05, 4.69) is 93.9 Å². The number of likely N-dealkylation sites (N-methyl/N-ethyl adjacent to an activating group) is 1. The fourth-order valence-electron chi connectivity index (χ4n) is 17.2. The Hall–Kier alpha value is -5.02. The number of carbonyl (C=O) groups is 2. The number of para-hydroxylation sites is 1. The third kappa shape index (κ3) is 11.0. The SMILES string of the molecule is CCOCCOCc1cn(Cc2cnc(SC[Si](C)(C)C[Si](C)(C)CCCNC(=O)[C@@]3(O)[C@H](O)[C@]4(CC)C=CCN5CC[C@@]6(c7cc([C@@]8(C(=O)OC)C[C@H]9CN(CCc%10c8[nH]c8ccccc%108)C[C@](O)(CC)C9)c(OC)cc7N(C)[C@@H]36)[C@@H]54)nc2)nn1. The van der Waals surface area contributed by atoms with Crippen molar-refractivity contribution in [1.29, 1.82) is 0 Å². The van der Waals surface area contributed by atoms with Crippen molar-refractivity contribution in [3.05, 3.63) is 101 Å². The molecule has 1 amide bonds. The number of rotatable bonds is 23. The molecule has 2 saturated heterocycles. The minimum absolute atomic E-state index is 0.102. The Balaban J connectivity index is 0.846. The molecule has 5 aromatic rings. The number of aliphatic hydroxyl groups excluding tert-OH is 1. The Morgan fingerprint density at radius 3 is 2.48 bits per heavy atom. The molecule has 6 aliphatic rings. The highest BCUT2D eigenvalue weighted by Gasteiger charge is 2.78. The maximum atomic E-state index is 15.6. The number of aliphatic hydroxyl groups is 3. The summed E-state index contributed by atoms with van der Waals surface area (Å²) in [7, 11) is 1.51. The summed E-state index contributed by atoms with van der Waals surface area (Å²) in [6, 6.07) is 12.2. The first-order chi connectivity index (χ1) is 41.1. The van der Waals surface area contributed by atoms with Crippen LogP contribution in [-0.2, 0) is 54.2 Å². The number of H-pyrrole nitrogens is 1. The Kier molecular flexibility index (Phi) is 17.8. The van der Waals surface area contributed by atoms with Crippen LogP contribution in [0.5, 0.6) is 5.75 Å². The number of nitrogens with one attached hydrogen (secondary N) is 2. The predicted molar refractivity (Wildman–Crippen MR) is 339 cm³/mol. The van der Waals surface area contributed by atoms with E-state index >= 15 is 9.59 Å². The zero-order chi connectivity index (χ0) is 61.0. The molecule has 2 aromatic carbocycles. The minimum Gasteiger partial charge on any atom is -0.496 e. The second kappa shape index (κ2) is 24.4. The van der Waals surface area contributed by atoms with E-state index in [1.807, 2.05) is 62.6 Å². The Labute approximate surface area is 513 Å². The molecular formula is C64H92N10O9SSi2. The van der Waals surface area contributed by atoms with Gasteiger partial charge in [0, 0.05) is 123 Å². The average Bonchev–Trinajstić information content (AvgIpc) is 1.46. The molecule has 1 saturated carbocycles. The zero-order valence-corrected chi connectivity index (χ0v) is 55.1. The number of ether oxygens (including phenoxy) is 4. The number of benzene rings is 2. The van der Waals surface area contributed by atoms with Gasteiger partial charge in [-0.25, -0.2) is 14.6 Å². The molecule has 2 bridgehead atoms. The third-order valence-corrected chi connectivity index (χ3v) is 34.0. The number of aromatic amines is 1. The monoisotopic (exact) mass is 1230 g/mol. The van der Waals surface area contributed by atoms with E-state index in [0.29, 0.717) is 122 Å². The third-order valence-electron chi connectivity index (χ3n) is 20.5. The molecule has 0 radical (unpaired) electrons. The number of aromatic nitrogens is 6. The molecule has 11 rings (SSSR count). The summed E-state index contributed by atoms with van der Waals surface area (Å²) in [5, 5.41) is 53.7. The van der Waals surface area contributed by atoms with Gasteiger partial charge in [0.1, 0.15) is 23.0 Å². The molecule has 22 heteroatoms. The van der Waals surface area contributed by atoms with Gasteiger partial charge in [-0.15, -0.1) is 5.10 Å². The van der Waals surface area contributed by atoms with Crippen LogP contribution in [0, 0.1) is 11.3 Å². The maximum Gasteiger partial charge on any atom is 0.322 e. The van der Waals surface area contributed by atoms with Crippen LogP contribution >= 0.6 is 11.8 Å². The molecule has 1 spiro atoms. The second-order valence-corrected chi connectivity index (χ2v) is 39.7. The van der Waals surface area contributed by atoms with Crippen molar-refractivity contribution in [3.8, 4) is 5.75 Å². The summed E-state index contributed by atoms with van der Waals surface area (Å²) in [5.41, 5.74) is 1.45. The molecule has 8 heterocycles. The first-order valence-electron chi connectivity index (χ1n) is 31.3.